The Morgan fingerprint density at radius 1 is 1.26 bits per heavy atom. The first-order chi connectivity index (χ1) is 11.1. The molecule has 0 saturated carbocycles. The number of Topliss-reactive ketones (excluding diaryl/α,β-unsaturated/α-hetero) is 2. The van der Waals surface area contributed by atoms with Crippen LogP contribution in [-0.4, -0.2) is 33.3 Å². The molecule has 0 fully saturated rings. The van der Waals surface area contributed by atoms with Gasteiger partial charge in [-0.2, -0.15) is 0 Å². The Hall–Kier alpha value is -3.20. The molecular formula is C14H6N4O4S. The van der Waals surface area contributed by atoms with E-state index in [0.29, 0.717) is 0 Å². The molecule has 4 heterocycles. The number of nitrogens with one attached hydrogen (secondary N) is 1. The van der Waals surface area contributed by atoms with E-state index in [1.807, 2.05) is 0 Å². The zero-order valence-corrected chi connectivity index (χ0v) is 12.1. The molecule has 4 rings (SSSR count). The highest BCUT2D eigenvalue weighted by Crippen LogP contribution is 2.38. The number of aromatic nitrogens is 2. The number of carbonyl (C=O) groups is 4. The Bertz CT molecular complexity index is 932. The molecular weight excluding hydrogens is 320 g/mol. The van der Waals surface area contributed by atoms with Gasteiger partial charge in [0.05, 0.1) is 16.1 Å². The van der Waals surface area contributed by atoms with Crippen molar-refractivity contribution in [2.75, 3.05) is 10.2 Å². The third-order valence-electron chi connectivity index (χ3n) is 3.44. The Morgan fingerprint density at radius 3 is 2.83 bits per heavy atom. The molecule has 112 valence electrons. The smallest absolute Gasteiger partial charge is 0.303 e. The zero-order valence-electron chi connectivity index (χ0n) is 11.3. The molecule has 0 atom stereocenters. The molecule has 2 aromatic rings. The molecule has 0 radical (unpaired) electrons. The molecule has 2 aromatic heterocycles. The second kappa shape index (κ2) is 4.65. The lowest BCUT2D eigenvalue weighted by atomic mass is 10.1. The number of carbonyl (C=O) groups excluding carboxylic acids is 4. The van der Waals surface area contributed by atoms with E-state index in [0.717, 1.165) is 16.2 Å². The quantitative estimate of drug-likeness (QED) is 0.490. The minimum Gasteiger partial charge on any atom is -0.303 e. The van der Waals surface area contributed by atoms with Gasteiger partial charge in [-0.15, -0.1) is 11.3 Å². The fourth-order valence-corrected chi connectivity index (χ4v) is 3.04. The van der Waals surface area contributed by atoms with Gasteiger partial charge < -0.3 is 5.32 Å². The van der Waals surface area contributed by atoms with Crippen molar-refractivity contribution in [1.29, 1.82) is 0 Å². The van der Waals surface area contributed by atoms with E-state index in [1.165, 1.54) is 24.0 Å². The van der Waals surface area contributed by atoms with Gasteiger partial charge in [-0.1, -0.05) is 0 Å². The maximum Gasteiger partial charge on any atom is 0.304 e. The Labute approximate surface area is 132 Å². The van der Waals surface area contributed by atoms with Gasteiger partial charge in [0, 0.05) is 12.4 Å². The van der Waals surface area contributed by atoms with Crippen LogP contribution in [0.3, 0.4) is 0 Å². The highest BCUT2D eigenvalue weighted by atomic mass is 32.1. The maximum atomic E-state index is 12.5. The number of pyridine rings is 1. The van der Waals surface area contributed by atoms with Crippen LogP contribution in [0.1, 0.15) is 9.67 Å². The second-order valence-electron chi connectivity index (χ2n) is 4.71. The van der Waals surface area contributed by atoms with Crippen molar-refractivity contribution in [2.45, 2.75) is 0 Å². The summed E-state index contributed by atoms with van der Waals surface area (Å²) in [7, 11) is 0. The lowest BCUT2D eigenvalue weighted by Gasteiger charge is -2.26. The van der Waals surface area contributed by atoms with E-state index < -0.39 is 29.0 Å². The molecule has 0 unspecified atom stereocenters. The summed E-state index contributed by atoms with van der Waals surface area (Å²) in [6, 6.07) is 3.10. The van der Waals surface area contributed by atoms with Crippen LogP contribution >= 0.6 is 11.3 Å². The first-order valence-electron chi connectivity index (χ1n) is 6.42. The number of nitrogens with zero attached hydrogens (tertiary/aromatic N) is 3. The van der Waals surface area contributed by atoms with Gasteiger partial charge in [-0.25, -0.2) is 4.98 Å². The fourth-order valence-electron chi connectivity index (χ4n) is 2.48. The summed E-state index contributed by atoms with van der Waals surface area (Å²) in [6.45, 7) is 0. The van der Waals surface area contributed by atoms with Crippen molar-refractivity contribution >= 4 is 46.2 Å². The van der Waals surface area contributed by atoms with Crippen LogP contribution in [0.25, 0.3) is 0 Å². The van der Waals surface area contributed by atoms with Gasteiger partial charge in [-0.3, -0.25) is 29.1 Å². The average Bonchev–Trinajstić information content (AvgIpc) is 3.16. The summed E-state index contributed by atoms with van der Waals surface area (Å²) in [5.74, 6) is -3.20. The SMILES string of the molecule is O=C1Nc2ncccc2N2C(=O)C(=O)C(C(=O)c3cncs3)=C12. The molecule has 0 spiro atoms. The predicted octanol–water partition coefficient (Wildman–Crippen LogP) is 0.543. The van der Waals surface area contributed by atoms with Gasteiger partial charge >= 0.3 is 5.91 Å². The molecule has 2 aliphatic rings. The maximum absolute atomic E-state index is 12.5. The fraction of sp³-hybridized carbons (Fsp3) is 0. The molecule has 2 aliphatic heterocycles. The first-order valence-corrected chi connectivity index (χ1v) is 7.30. The Morgan fingerprint density at radius 2 is 2.09 bits per heavy atom. The van der Waals surface area contributed by atoms with E-state index >= 15 is 0 Å². The van der Waals surface area contributed by atoms with Crippen molar-refractivity contribution in [3.63, 3.8) is 0 Å². The molecule has 9 heteroatoms. The summed E-state index contributed by atoms with van der Waals surface area (Å²) in [5.41, 5.74) is 0.982. The number of rotatable bonds is 2. The minimum atomic E-state index is -1.01. The number of anilines is 2. The summed E-state index contributed by atoms with van der Waals surface area (Å²) in [6.07, 6.45) is 2.73. The van der Waals surface area contributed by atoms with Crippen molar-refractivity contribution in [3.8, 4) is 0 Å². The normalized spacial score (nSPS) is 16.3. The summed E-state index contributed by atoms with van der Waals surface area (Å²) in [4.78, 5) is 58.2. The molecule has 23 heavy (non-hydrogen) atoms. The summed E-state index contributed by atoms with van der Waals surface area (Å²) in [5, 5.41) is 2.48. The van der Waals surface area contributed by atoms with Crippen molar-refractivity contribution in [1.82, 2.24) is 9.97 Å². The zero-order chi connectivity index (χ0) is 16.1. The van der Waals surface area contributed by atoms with E-state index in [-0.39, 0.29) is 22.1 Å². The highest BCUT2D eigenvalue weighted by Gasteiger charge is 2.48. The molecule has 0 bridgehead atoms. The van der Waals surface area contributed by atoms with Crippen LogP contribution in [0.15, 0.2) is 41.3 Å². The van der Waals surface area contributed by atoms with Crippen LogP contribution in [-0.2, 0) is 14.4 Å². The monoisotopic (exact) mass is 326 g/mol. The molecule has 1 N–H and O–H groups in total. The summed E-state index contributed by atoms with van der Waals surface area (Å²) >= 11 is 1.03. The lowest BCUT2D eigenvalue weighted by molar-refractivity contribution is -0.132. The van der Waals surface area contributed by atoms with E-state index in [2.05, 4.69) is 15.3 Å². The Kier molecular flexibility index (Phi) is 2.72. The van der Waals surface area contributed by atoms with Crippen LogP contribution in [0.5, 0.6) is 0 Å². The van der Waals surface area contributed by atoms with Crippen molar-refractivity contribution in [2.24, 2.45) is 0 Å². The molecule has 0 aromatic carbocycles. The summed E-state index contributed by atoms with van der Waals surface area (Å²) < 4.78 is 0. The third kappa shape index (κ3) is 1.77. The van der Waals surface area contributed by atoms with Crippen molar-refractivity contribution in [3.05, 3.63) is 46.2 Å². The Balaban J connectivity index is 1.95. The first kappa shape index (κ1) is 13.5. The number of amides is 2. The van der Waals surface area contributed by atoms with Crippen LogP contribution < -0.4 is 10.2 Å². The van der Waals surface area contributed by atoms with Gasteiger partial charge in [0.2, 0.25) is 5.78 Å². The molecule has 8 nitrogen and oxygen atoms in total. The molecule has 0 saturated heterocycles. The standard InChI is InChI=1S/C14H6N4O4S/c19-10(7-4-15-5-23-7)8-9-13(21)17-12-6(2-1-3-16-12)18(9)14(22)11(8)20/h1-5H,(H,16,17,21). The second-order valence-corrected chi connectivity index (χ2v) is 5.60. The van der Waals surface area contributed by atoms with Crippen LogP contribution in [0, 0.1) is 0 Å². The van der Waals surface area contributed by atoms with Gasteiger partial charge in [0.15, 0.2) is 5.82 Å². The number of thiazole rings is 1. The number of hydrogen-bond acceptors (Lipinski definition) is 7. The van der Waals surface area contributed by atoms with Gasteiger partial charge in [-0.05, 0) is 12.1 Å². The highest BCUT2D eigenvalue weighted by molar-refractivity contribution is 7.12. The minimum absolute atomic E-state index is 0.161. The molecule has 0 aliphatic carbocycles. The van der Waals surface area contributed by atoms with Crippen LogP contribution in [0.2, 0.25) is 0 Å². The largest absolute Gasteiger partial charge is 0.304 e. The van der Waals surface area contributed by atoms with Crippen LogP contribution in [0.4, 0.5) is 11.5 Å². The number of hydrogen-bond donors (Lipinski definition) is 1. The predicted molar refractivity (Wildman–Crippen MR) is 78.8 cm³/mol. The van der Waals surface area contributed by atoms with E-state index in [1.54, 1.807) is 6.07 Å². The van der Waals surface area contributed by atoms with E-state index in [4.69, 9.17) is 0 Å². The number of ketones is 2. The van der Waals surface area contributed by atoms with E-state index in [9.17, 15) is 19.2 Å². The van der Waals surface area contributed by atoms with Gasteiger partial charge in [0.1, 0.15) is 11.3 Å². The molecule has 2 amide bonds. The lowest BCUT2D eigenvalue weighted by Crippen LogP contribution is -2.38. The third-order valence-corrected chi connectivity index (χ3v) is 4.21. The number of fused-ring (bicyclic) bond motifs is 3. The van der Waals surface area contributed by atoms with Gasteiger partial charge in [0.25, 0.3) is 11.7 Å². The van der Waals surface area contributed by atoms with Crippen molar-refractivity contribution < 1.29 is 19.2 Å². The average molecular weight is 326 g/mol. The topological polar surface area (TPSA) is 109 Å².